The number of para-hydroxylation sites is 1. The summed E-state index contributed by atoms with van der Waals surface area (Å²) in [6.45, 7) is 1.50. The van der Waals surface area contributed by atoms with Crippen LogP contribution in [0.2, 0.25) is 0 Å². The number of aromatic nitrogens is 1. The van der Waals surface area contributed by atoms with E-state index in [4.69, 9.17) is 15.9 Å². The van der Waals surface area contributed by atoms with Gasteiger partial charge in [-0.1, -0.05) is 18.2 Å². The van der Waals surface area contributed by atoms with E-state index in [0.29, 0.717) is 18.2 Å². The molecule has 5 nitrogen and oxygen atoms in total. The van der Waals surface area contributed by atoms with Crippen molar-refractivity contribution in [3.05, 3.63) is 36.0 Å². The molecule has 2 heterocycles. The summed E-state index contributed by atoms with van der Waals surface area (Å²) in [5, 5.41) is 8.82. The van der Waals surface area contributed by atoms with E-state index < -0.39 is 0 Å². The standard InChI is InChI=1S/C15H18N4O/c1-19(10-6-7-20-9-10)14-11-4-2-3-5-13(11)18-8-12(14)15(16)17/h2-5,8,10H,6-7,9H2,1H3,(H3,16,17). The Morgan fingerprint density at radius 2 is 2.25 bits per heavy atom. The van der Waals surface area contributed by atoms with Crippen LogP contribution >= 0.6 is 0 Å². The quantitative estimate of drug-likeness (QED) is 0.658. The van der Waals surface area contributed by atoms with Crippen molar-refractivity contribution in [3.8, 4) is 0 Å². The van der Waals surface area contributed by atoms with Crippen LogP contribution in [0.25, 0.3) is 10.9 Å². The van der Waals surface area contributed by atoms with Gasteiger partial charge in [-0.15, -0.1) is 0 Å². The van der Waals surface area contributed by atoms with Gasteiger partial charge in [0.25, 0.3) is 0 Å². The summed E-state index contributed by atoms with van der Waals surface area (Å²) in [5.41, 5.74) is 8.29. The maximum atomic E-state index is 7.80. The van der Waals surface area contributed by atoms with Crippen molar-refractivity contribution >= 4 is 22.4 Å². The largest absolute Gasteiger partial charge is 0.384 e. The normalized spacial score (nSPS) is 18.4. The van der Waals surface area contributed by atoms with Gasteiger partial charge in [0, 0.05) is 25.2 Å². The van der Waals surface area contributed by atoms with Crippen molar-refractivity contribution in [3.63, 3.8) is 0 Å². The molecule has 1 atom stereocenters. The summed E-state index contributed by atoms with van der Waals surface area (Å²) in [6.07, 6.45) is 2.68. The second-order valence-corrected chi connectivity index (χ2v) is 5.08. The first kappa shape index (κ1) is 12.9. The minimum Gasteiger partial charge on any atom is -0.384 e. The van der Waals surface area contributed by atoms with Crippen molar-refractivity contribution < 1.29 is 4.74 Å². The third kappa shape index (κ3) is 2.10. The fourth-order valence-corrected chi connectivity index (χ4v) is 2.71. The molecule has 1 saturated heterocycles. The molecule has 104 valence electrons. The van der Waals surface area contributed by atoms with E-state index in [1.807, 2.05) is 31.3 Å². The van der Waals surface area contributed by atoms with Gasteiger partial charge in [-0.2, -0.15) is 0 Å². The average Bonchev–Trinajstić information content (AvgIpc) is 2.99. The number of nitrogens with zero attached hydrogens (tertiary/aromatic N) is 2. The molecule has 1 unspecified atom stereocenters. The first-order valence-corrected chi connectivity index (χ1v) is 6.71. The highest BCUT2D eigenvalue weighted by molar-refractivity contribution is 6.07. The summed E-state index contributed by atoms with van der Waals surface area (Å²) in [4.78, 5) is 6.57. The lowest BCUT2D eigenvalue weighted by atomic mass is 10.1. The summed E-state index contributed by atoms with van der Waals surface area (Å²) < 4.78 is 5.47. The van der Waals surface area contributed by atoms with Crippen LogP contribution in [0.5, 0.6) is 0 Å². The lowest BCUT2D eigenvalue weighted by molar-refractivity contribution is 0.193. The Kier molecular flexibility index (Phi) is 3.28. The molecule has 3 rings (SSSR count). The molecule has 0 amide bonds. The highest BCUT2D eigenvalue weighted by Crippen LogP contribution is 2.31. The van der Waals surface area contributed by atoms with E-state index in [9.17, 15) is 0 Å². The predicted molar refractivity (Wildman–Crippen MR) is 80.4 cm³/mol. The fraction of sp³-hybridized carbons (Fsp3) is 0.333. The van der Waals surface area contributed by atoms with Gasteiger partial charge in [0.15, 0.2) is 0 Å². The van der Waals surface area contributed by atoms with E-state index in [-0.39, 0.29) is 5.84 Å². The van der Waals surface area contributed by atoms with Crippen LogP contribution in [-0.2, 0) is 4.74 Å². The maximum absolute atomic E-state index is 7.80. The molecule has 1 aliphatic rings. The second kappa shape index (κ2) is 5.09. The minimum atomic E-state index is 0.0454. The monoisotopic (exact) mass is 270 g/mol. The predicted octanol–water partition coefficient (Wildman–Crippen LogP) is 1.74. The lowest BCUT2D eigenvalue weighted by Gasteiger charge is -2.28. The van der Waals surface area contributed by atoms with Crippen LogP contribution < -0.4 is 10.6 Å². The van der Waals surface area contributed by atoms with Crippen LogP contribution in [0.3, 0.4) is 0 Å². The van der Waals surface area contributed by atoms with E-state index in [2.05, 4.69) is 9.88 Å². The number of hydrogen-bond donors (Lipinski definition) is 2. The van der Waals surface area contributed by atoms with Crippen LogP contribution in [0.1, 0.15) is 12.0 Å². The van der Waals surface area contributed by atoms with Gasteiger partial charge in [-0.3, -0.25) is 10.4 Å². The van der Waals surface area contributed by atoms with Crippen LogP contribution in [0.15, 0.2) is 30.5 Å². The summed E-state index contributed by atoms with van der Waals surface area (Å²) in [7, 11) is 2.04. The third-order valence-corrected chi connectivity index (χ3v) is 3.84. The third-order valence-electron chi connectivity index (χ3n) is 3.84. The lowest BCUT2D eigenvalue weighted by Crippen LogP contribution is -2.34. The van der Waals surface area contributed by atoms with Crippen LogP contribution in [0, 0.1) is 5.41 Å². The van der Waals surface area contributed by atoms with Crippen molar-refractivity contribution in [2.75, 3.05) is 25.2 Å². The number of amidine groups is 1. The van der Waals surface area contributed by atoms with Gasteiger partial charge in [-0.25, -0.2) is 0 Å². The zero-order chi connectivity index (χ0) is 14.1. The SMILES string of the molecule is CN(c1c(C(=N)N)cnc2ccccc12)C1CCOC1. The van der Waals surface area contributed by atoms with E-state index in [1.54, 1.807) is 6.20 Å². The molecule has 3 N–H and O–H groups in total. The van der Waals surface area contributed by atoms with Crippen molar-refractivity contribution in [1.82, 2.24) is 4.98 Å². The van der Waals surface area contributed by atoms with E-state index in [0.717, 1.165) is 29.6 Å². The number of rotatable bonds is 3. The first-order chi connectivity index (χ1) is 9.68. The van der Waals surface area contributed by atoms with Crippen LogP contribution in [-0.4, -0.2) is 37.1 Å². The van der Waals surface area contributed by atoms with Crippen molar-refractivity contribution in [2.45, 2.75) is 12.5 Å². The Bertz CT molecular complexity index is 649. The molecule has 2 aromatic rings. The van der Waals surface area contributed by atoms with Gasteiger partial charge < -0.3 is 15.4 Å². The van der Waals surface area contributed by atoms with Crippen LogP contribution in [0.4, 0.5) is 5.69 Å². The topological polar surface area (TPSA) is 75.2 Å². The highest BCUT2D eigenvalue weighted by Gasteiger charge is 2.24. The van der Waals surface area contributed by atoms with Gasteiger partial charge in [0.1, 0.15) is 5.84 Å². The molecule has 5 heteroatoms. The van der Waals surface area contributed by atoms with Crippen molar-refractivity contribution in [2.24, 2.45) is 5.73 Å². The summed E-state index contributed by atoms with van der Waals surface area (Å²) in [6, 6.07) is 8.26. The van der Waals surface area contributed by atoms with Gasteiger partial charge in [0.05, 0.1) is 29.4 Å². The van der Waals surface area contributed by atoms with Gasteiger partial charge >= 0.3 is 0 Å². The molecule has 0 radical (unpaired) electrons. The fourth-order valence-electron chi connectivity index (χ4n) is 2.71. The Morgan fingerprint density at radius 3 is 2.95 bits per heavy atom. The average molecular weight is 270 g/mol. The molecular weight excluding hydrogens is 252 g/mol. The number of nitrogens with two attached hydrogens (primary N) is 1. The molecule has 0 spiro atoms. The molecule has 1 aromatic heterocycles. The molecule has 1 fully saturated rings. The molecule has 1 aromatic carbocycles. The highest BCUT2D eigenvalue weighted by atomic mass is 16.5. The Labute approximate surface area is 117 Å². The zero-order valence-electron chi connectivity index (χ0n) is 11.5. The summed E-state index contributed by atoms with van der Waals surface area (Å²) >= 11 is 0. The Balaban J connectivity index is 2.18. The number of pyridine rings is 1. The Morgan fingerprint density at radius 1 is 1.45 bits per heavy atom. The number of likely N-dealkylation sites (N-methyl/N-ethyl adjacent to an activating group) is 1. The second-order valence-electron chi connectivity index (χ2n) is 5.08. The molecular formula is C15H18N4O. The number of benzene rings is 1. The Hall–Kier alpha value is -2.14. The number of hydrogen-bond acceptors (Lipinski definition) is 4. The number of fused-ring (bicyclic) bond motifs is 1. The molecule has 0 aliphatic carbocycles. The van der Waals surface area contributed by atoms with Gasteiger partial charge in [0.2, 0.25) is 0 Å². The van der Waals surface area contributed by atoms with Gasteiger partial charge in [-0.05, 0) is 12.5 Å². The number of ether oxygens (including phenoxy) is 1. The minimum absolute atomic E-state index is 0.0454. The van der Waals surface area contributed by atoms with E-state index in [1.165, 1.54) is 0 Å². The maximum Gasteiger partial charge on any atom is 0.126 e. The van der Waals surface area contributed by atoms with Crippen molar-refractivity contribution in [1.29, 1.82) is 5.41 Å². The molecule has 1 aliphatic heterocycles. The number of nitrogen functional groups attached to an aromatic ring is 1. The zero-order valence-corrected chi connectivity index (χ0v) is 11.5. The molecule has 20 heavy (non-hydrogen) atoms. The summed E-state index contributed by atoms with van der Waals surface area (Å²) in [5.74, 6) is 0.0454. The smallest absolute Gasteiger partial charge is 0.126 e. The number of nitrogens with one attached hydrogen (secondary N) is 1. The molecule has 0 saturated carbocycles. The van der Waals surface area contributed by atoms with E-state index >= 15 is 0 Å². The first-order valence-electron chi connectivity index (χ1n) is 6.71. The number of anilines is 1. The molecule has 0 bridgehead atoms.